The number of carbonyl (C=O) groups excluding carboxylic acids is 1. The molecule has 6 nitrogen and oxygen atoms in total. The zero-order valence-electron chi connectivity index (χ0n) is 15.5. The van der Waals surface area contributed by atoms with Gasteiger partial charge in [-0.25, -0.2) is 4.98 Å². The van der Waals surface area contributed by atoms with Crippen molar-refractivity contribution in [3.8, 4) is 0 Å². The molecule has 0 aliphatic heterocycles. The summed E-state index contributed by atoms with van der Waals surface area (Å²) in [6.45, 7) is 7.47. The van der Waals surface area contributed by atoms with Crippen LogP contribution in [0.3, 0.4) is 0 Å². The molecule has 1 fully saturated rings. The fraction of sp³-hybridized carbons (Fsp3) is 0.778. The van der Waals surface area contributed by atoms with Crippen molar-refractivity contribution >= 4 is 5.97 Å². The first-order valence-electron chi connectivity index (χ1n) is 8.86. The summed E-state index contributed by atoms with van der Waals surface area (Å²) in [7, 11) is 1.97. The van der Waals surface area contributed by atoms with Gasteiger partial charge in [0.2, 0.25) is 0 Å². The van der Waals surface area contributed by atoms with Gasteiger partial charge in [-0.1, -0.05) is 6.42 Å². The van der Waals surface area contributed by atoms with E-state index in [1.165, 1.54) is 0 Å². The Morgan fingerprint density at radius 1 is 1.42 bits per heavy atom. The van der Waals surface area contributed by atoms with Crippen molar-refractivity contribution < 1.29 is 9.53 Å². The van der Waals surface area contributed by atoms with Gasteiger partial charge < -0.3 is 15.0 Å². The smallest absolute Gasteiger partial charge is 0.320 e. The molecule has 0 spiro atoms. The first-order chi connectivity index (χ1) is 11.2. The van der Waals surface area contributed by atoms with Crippen LogP contribution in [0.1, 0.15) is 58.7 Å². The number of aromatic nitrogens is 2. The zero-order chi connectivity index (χ0) is 17.8. The molecule has 0 atom stereocenters. The summed E-state index contributed by atoms with van der Waals surface area (Å²) in [4.78, 5) is 18.7. The SMILES string of the molecule is Cn1ccnc1CN(CCCCC1(N)CC1)CC(=O)OC(C)(C)C. The maximum Gasteiger partial charge on any atom is 0.320 e. The van der Waals surface area contributed by atoms with E-state index in [2.05, 4.69) is 9.88 Å². The predicted molar refractivity (Wildman–Crippen MR) is 94.3 cm³/mol. The summed E-state index contributed by atoms with van der Waals surface area (Å²) in [5.74, 6) is 0.769. The molecule has 2 rings (SSSR count). The van der Waals surface area contributed by atoms with E-state index in [4.69, 9.17) is 10.5 Å². The molecule has 24 heavy (non-hydrogen) atoms. The number of rotatable bonds is 9. The number of aryl methyl sites for hydroxylation is 1. The van der Waals surface area contributed by atoms with E-state index in [0.29, 0.717) is 6.54 Å². The molecule has 0 unspecified atom stereocenters. The molecule has 136 valence electrons. The van der Waals surface area contributed by atoms with Crippen LogP contribution in [0.5, 0.6) is 0 Å². The van der Waals surface area contributed by atoms with Crippen molar-refractivity contribution in [2.45, 2.75) is 70.6 Å². The van der Waals surface area contributed by atoms with E-state index in [-0.39, 0.29) is 18.1 Å². The molecular weight excluding hydrogens is 304 g/mol. The second-order valence-electron chi connectivity index (χ2n) is 8.07. The van der Waals surface area contributed by atoms with Gasteiger partial charge in [0, 0.05) is 25.0 Å². The number of hydrogen-bond donors (Lipinski definition) is 1. The molecule has 1 aliphatic carbocycles. The topological polar surface area (TPSA) is 73.4 Å². The van der Waals surface area contributed by atoms with Gasteiger partial charge >= 0.3 is 5.97 Å². The molecule has 0 aromatic carbocycles. The second-order valence-corrected chi connectivity index (χ2v) is 8.07. The highest BCUT2D eigenvalue weighted by atomic mass is 16.6. The van der Waals surface area contributed by atoms with E-state index in [9.17, 15) is 4.79 Å². The quantitative estimate of drug-likeness (QED) is 0.553. The maximum atomic E-state index is 12.2. The highest BCUT2D eigenvalue weighted by Gasteiger charge is 2.37. The lowest BCUT2D eigenvalue weighted by Crippen LogP contribution is -2.36. The molecule has 2 N–H and O–H groups in total. The number of unbranched alkanes of at least 4 members (excludes halogenated alkanes) is 1. The molecule has 1 aromatic rings. The number of esters is 1. The summed E-state index contributed by atoms with van der Waals surface area (Å²) >= 11 is 0. The van der Waals surface area contributed by atoms with Gasteiger partial charge in [-0.2, -0.15) is 0 Å². The van der Waals surface area contributed by atoms with Crippen LogP contribution in [0, 0.1) is 0 Å². The third kappa shape index (κ3) is 6.61. The third-order valence-electron chi connectivity index (χ3n) is 4.35. The normalized spacial score (nSPS) is 16.4. The molecule has 0 radical (unpaired) electrons. The van der Waals surface area contributed by atoms with Crippen molar-refractivity contribution in [2.24, 2.45) is 12.8 Å². The lowest BCUT2D eigenvalue weighted by Gasteiger charge is -2.25. The van der Waals surface area contributed by atoms with Crippen LogP contribution >= 0.6 is 0 Å². The average Bonchev–Trinajstić information content (AvgIpc) is 3.04. The van der Waals surface area contributed by atoms with E-state index in [0.717, 1.165) is 44.5 Å². The maximum absolute atomic E-state index is 12.2. The monoisotopic (exact) mass is 336 g/mol. The van der Waals surface area contributed by atoms with Crippen LogP contribution in [0.25, 0.3) is 0 Å². The predicted octanol–water partition coefficient (Wildman–Crippen LogP) is 2.23. The largest absolute Gasteiger partial charge is 0.459 e. The Kier molecular flexibility index (Phi) is 6.04. The van der Waals surface area contributed by atoms with Crippen molar-refractivity contribution in [1.82, 2.24) is 14.5 Å². The van der Waals surface area contributed by atoms with Crippen molar-refractivity contribution in [3.05, 3.63) is 18.2 Å². The number of carbonyl (C=O) groups is 1. The fourth-order valence-corrected chi connectivity index (χ4v) is 2.74. The first-order valence-corrected chi connectivity index (χ1v) is 8.86. The Labute approximate surface area is 145 Å². The Morgan fingerprint density at radius 2 is 2.12 bits per heavy atom. The zero-order valence-corrected chi connectivity index (χ0v) is 15.5. The van der Waals surface area contributed by atoms with Crippen molar-refractivity contribution in [2.75, 3.05) is 13.1 Å². The van der Waals surface area contributed by atoms with Gasteiger partial charge in [0.1, 0.15) is 11.4 Å². The van der Waals surface area contributed by atoms with Gasteiger partial charge in [-0.15, -0.1) is 0 Å². The van der Waals surface area contributed by atoms with Gasteiger partial charge in [0.05, 0.1) is 13.1 Å². The Balaban J connectivity index is 1.85. The average molecular weight is 336 g/mol. The van der Waals surface area contributed by atoms with Gasteiger partial charge in [-0.05, 0) is 53.0 Å². The summed E-state index contributed by atoms with van der Waals surface area (Å²) in [5, 5.41) is 0. The van der Waals surface area contributed by atoms with Gasteiger partial charge in [-0.3, -0.25) is 9.69 Å². The number of nitrogens with zero attached hydrogens (tertiary/aromatic N) is 3. The lowest BCUT2D eigenvalue weighted by atomic mass is 10.1. The number of imidazole rings is 1. The summed E-state index contributed by atoms with van der Waals surface area (Å²) in [6, 6.07) is 0. The van der Waals surface area contributed by atoms with Crippen molar-refractivity contribution in [1.29, 1.82) is 0 Å². The van der Waals surface area contributed by atoms with Crippen LogP contribution in [-0.2, 0) is 23.1 Å². The summed E-state index contributed by atoms with van der Waals surface area (Å²) in [6.07, 6.45) is 9.23. The van der Waals surface area contributed by atoms with Crippen LogP contribution in [-0.4, -0.2) is 44.6 Å². The lowest BCUT2D eigenvalue weighted by molar-refractivity contribution is -0.156. The van der Waals surface area contributed by atoms with Crippen LogP contribution in [0.4, 0.5) is 0 Å². The molecule has 0 saturated heterocycles. The Hall–Kier alpha value is -1.40. The third-order valence-corrected chi connectivity index (χ3v) is 4.35. The van der Waals surface area contributed by atoms with Crippen LogP contribution in [0.2, 0.25) is 0 Å². The van der Waals surface area contributed by atoms with E-state index in [1.807, 2.05) is 38.6 Å². The van der Waals surface area contributed by atoms with Gasteiger partial charge in [0.15, 0.2) is 0 Å². The summed E-state index contributed by atoms with van der Waals surface area (Å²) in [5.41, 5.74) is 5.79. The number of hydrogen-bond acceptors (Lipinski definition) is 5. The molecule has 0 bridgehead atoms. The molecule has 0 amide bonds. The second kappa shape index (κ2) is 7.66. The first kappa shape index (κ1) is 18.9. The van der Waals surface area contributed by atoms with Gasteiger partial charge in [0.25, 0.3) is 0 Å². The molecular formula is C18H32N4O2. The Bertz CT molecular complexity index is 543. The molecule has 1 saturated carbocycles. The molecule has 1 heterocycles. The minimum atomic E-state index is -0.454. The van der Waals surface area contributed by atoms with Crippen LogP contribution in [0.15, 0.2) is 12.4 Å². The standard InChI is InChI=1S/C18H32N4O2/c1-17(2,3)24-16(23)14-22(13-15-20-10-12-21(15)4)11-6-5-7-18(19)8-9-18/h10,12H,5-9,11,13-14,19H2,1-4H3. The van der Waals surface area contributed by atoms with E-state index < -0.39 is 5.60 Å². The number of ether oxygens (including phenoxy) is 1. The minimum Gasteiger partial charge on any atom is -0.459 e. The van der Waals surface area contributed by atoms with E-state index >= 15 is 0 Å². The van der Waals surface area contributed by atoms with Crippen molar-refractivity contribution in [3.63, 3.8) is 0 Å². The summed E-state index contributed by atoms with van der Waals surface area (Å²) < 4.78 is 7.45. The minimum absolute atomic E-state index is 0.107. The molecule has 6 heteroatoms. The van der Waals surface area contributed by atoms with Crippen LogP contribution < -0.4 is 5.73 Å². The fourth-order valence-electron chi connectivity index (χ4n) is 2.74. The number of nitrogens with two attached hydrogens (primary N) is 1. The Morgan fingerprint density at radius 3 is 2.67 bits per heavy atom. The molecule has 1 aromatic heterocycles. The van der Waals surface area contributed by atoms with E-state index in [1.54, 1.807) is 6.20 Å². The molecule has 1 aliphatic rings. The highest BCUT2D eigenvalue weighted by Crippen LogP contribution is 2.36. The highest BCUT2D eigenvalue weighted by molar-refractivity contribution is 5.72.